The summed E-state index contributed by atoms with van der Waals surface area (Å²) in [5.41, 5.74) is 6.37. The van der Waals surface area contributed by atoms with Crippen molar-refractivity contribution in [2.24, 2.45) is 5.73 Å². The zero-order chi connectivity index (χ0) is 13.8. The summed E-state index contributed by atoms with van der Waals surface area (Å²) in [5, 5.41) is 2.98. The van der Waals surface area contributed by atoms with Crippen molar-refractivity contribution in [1.29, 1.82) is 0 Å². The second-order valence-corrected chi connectivity index (χ2v) is 5.53. The molecule has 0 aliphatic carbocycles. The molecule has 0 heterocycles. The van der Waals surface area contributed by atoms with E-state index >= 15 is 0 Å². The predicted molar refractivity (Wildman–Crippen MR) is 78.2 cm³/mol. The van der Waals surface area contributed by atoms with E-state index in [1.54, 1.807) is 0 Å². The molecule has 3 nitrogen and oxygen atoms in total. The molecule has 4 heteroatoms. The molecule has 0 saturated carbocycles. The number of nitrogens with two attached hydrogens (primary N) is 1. The summed E-state index contributed by atoms with van der Waals surface area (Å²) >= 11 is 3.43. The molecule has 1 atom stereocenters. The SMILES string of the molecule is CCC(N)(CC)C(=O)NC(C)c1cccc(Br)c1. The first kappa shape index (κ1) is 15.2. The minimum Gasteiger partial charge on any atom is -0.348 e. The van der Waals surface area contributed by atoms with E-state index < -0.39 is 5.54 Å². The van der Waals surface area contributed by atoms with Gasteiger partial charge >= 0.3 is 0 Å². The third-order valence-electron chi connectivity index (χ3n) is 3.41. The molecule has 1 aromatic rings. The number of rotatable bonds is 5. The standard InChI is InChI=1S/C14H21BrN2O/c1-4-14(16,5-2)13(18)17-10(3)11-7-6-8-12(15)9-11/h6-10H,4-5,16H2,1-3H3,(H,17,18). The first-order valence-electron chi connectivity index (χ1n) is 6.28. The maximum absolute atomic E-state index is 12.1. The van der Waals surface area contributed by atoms with Crippen LogP contribution in [0, 0.1) is 0 Å². The minimum atomic E-state index is -0.764. The van der Waals surface area contributed by atoms with Gasteiger partial charge in [0, 0.05) is 4.47 Å². The minimum absolute atomic E-state index is 0.0453. The largest absolute Gasteiger partial charge is 0.348 e. The number of hydrogen-bond acceptors (Lipinski definition) is 2. The second kappa shape index (κ2) is 6.34. The van der Waals surface area contributed by atoms with Gasteiger partial charge in [-0.2, -0.15) is 0 Å². The fourth-order valence-electron chi connectivity index (χ4n) is 1.77. The number of nitrogens with one attached hydrogen (secondary N) is 1. The van der Waals surface area contributed by atoms with Crippen LogP contribution in [-0.2, 0) is 4.79 Å². The monoisotopic (exact) mass is 312 g/mol. The van der Waals surface area contributed by atoms with Crippen molar-refractivity contribution in [1.82, 2.24) is 5.32 Å². The Bertz CT molecular complexity index is 416. The van der Waals surface area contributed by atoms with E-state index in [9.17, 15) is 4.79 Å². The molecule has 100 valence electrons. The summed E-state index contributed by atoms with van der Waals surface area (Å²) in [4.78, 5) is 12.1. The maximum Gasteiger partial charge on any atom is 0.240 e. The summed E-state index contributed by atoms with van der Waals surface area (Å²) in [6.07, 6.45) is 1.28. The molecule has 1 unspecified atom stereocenters. The van der Waals surface area contributed by atoms with Crippen LogP contribution in [0.3, 0.4) is 0 Å². The van der Waals surface area contributed by atoms with Gasteiger partial charge in [0.2, 0.25) is 5.91 Å². The molecule has 0 aromatic heterocycles. The Hall–Kier alpha value is -0.870. The van der Waals surface area contributed by atoms with E-state index in [-0.39, 0.29) is 11.9 Å². The van der Waals surface area contributed by atoms with Gasteiger partial charge in [-0.15, -0.1) is 0 Å². The molecule has 0 saturated heterocycles. The van der Waals surface area contributed by atoms with Gasteiger partial charge < -0.3 is 11.1 Å². The van der Waals surface area contributed by atoms with Gasteiger partial charge in [0.15, 0.2) is 0 Å². The van der Waals surface area contributed by atoms with E-state index in [4.69, 9.17) is 5.73 Å². The lowest BCUT2D eigenvalue weighted by Crippen LogP contribution is -2.53. The number of halogens is 1. The maximum atomic E-state index is 12.1. The molecular weight excluding hydrogens is 292 g/mol. The van der Waals surface area contributed by atoms with E-state index in [0.717, 1.165) is 10.0 Å². The Morgan fingerprint density at radius 1 is 1.44 bits per heavy atom. The Labute approximate surface area is 117 Å². The Morgan fingerprint density at radius 3 is 2.56 bits per heavy atom. The molecule has 3 N–H and O–H groups in total. The quantitative estimate of drug-likeness (QED) is 0.877. The van der Waals surface area contributed by atoms with Crippen LogP contribution in [0.4, 0.5) is 0 Å². The molecule has 0 radical (unpaired) electrons. The number of carbonyl (C=O) groups excluding carboxylic acids is 1. The van der Waals surface area contributed by atoms with Gasteiger partial charge in [0.25, 0.3) is 0 Å². The molecule has 0 fully saturated rings. The van der Waals surface area contributed by atoms with Crippen molar-refractivity contribution in [3.05, 3.63) is 34.3 Å². The van der Waals surface area contributed by atoms with Crippen LogP contribution in [0.2, 0.25) is 0 Å². The fraction of sp³-hybridized carbons (Fsp3) is 0.500. The van der Waals surface area contributed by atoms with Crippen molar-refractivity contribution >= 4 is 21.8 Å². The predicted octanol–water partition coefficient (Wildman–Crippen LogP) is 3.14. The highest BCUT2D eigenvalue weighted by molar-refractivity contribution is 9.10. The van der Waals surface area contributed by atoms with Crippen LogP contribution >= 0.6 is 15.9 Å². The molecule has 0 aliphatic heterocycles. The Kier molecular flexibility index (Phi) is 5.35. The zero-order valence-corrected chi connectivity index (χ0v) is 12.8. The normalized spacial score (nSPS) is 13.2. The van der Waals surface area contributed by atoms with Gasteiger partial charge in [0.1, 0.15) is 0 Å². The third kappa shape index (κ3) is 3.56. The molecule has 1 aromatic carbocycles. The number of benzene rings is 1. The molecule has 0 aliphatic rings. The lowest BCUT2D eigenvalue weighted by Gasteiger charge is -2.27. The van der Waals surface area contributed by atoms with Gasteiger partial charge in [-0.05, 0) is 37.5 Å². The highest BCUT2D eigenvalue weighted by atomic mass is 79.9. The third-order valence-corrected chi connectivity index (χ3v) is 3.90. The van der Waals surface area contributed by atoms with Crippen molar-refractivity contribution in [2.45, 2.75) is 45.2 Å². The van der Waals surface area contributed by atoms with Crippen molar-refractivity contribution in [2.75, 3.05) is 0 Å². The lowest BCUT2D eigenvalue weighted by molar-refractivity contribution is -0.127. The number of hydrogen-bond donors (Lipinski definition) is 2. The van der Waals surface area contributed by atoms with E-state index in [1.807, 2.05) is 45.0 Å². The topological polar surface area (TPSA) is 55.1 Å². The second-order valence-electron chi connectivity index (χ2n) is 4.61. The smallest absolute Gasteiger partial charge is 0.240 e. The summed E-state index contributed by atoms with van der Waals surface area (Å²) in [6.45, 7) is 5.84. The molecule has 1 amide bonds. The molecular formula is C14H21BrN2O. The Balaban J connectivity index is 2.76. The van der Waals surface area contributed by atoms with E-state index in [0.29, 0.717) is 12.8 Å². The molecule has 18 heavy (non-hydrogen) atoms. The van der Waals surface area contributed by atoms with Crippen LogP contribution in [0.5, 0.6) is 0 Å². The first-order valence-corrected chi connectivity index (χ1v) is 7.07. The van der Waals surface area contributed by atoms with Crippen molar-refractivity contribution < 1.29 is 4.79 Å². The highest BCUT2D eigenvalue weighted by Crippen LogP contribution is 2.19. The molecule has 1 rings (SSSR count). The van der Waals surface area contributed by atoms with Gasteiger partial charge in [-0.25, -0.2) is 0 Å². The van der Waals surface area contributed by atoms with Crippen LogP contribution in [-0.4, -0.2) is 11.4 Å². The van der Waals surface area contributed by atoms with E-state index in [1.165, 1.54) is 0 Å². The van der Waals surface area contributed by atoms with Gasteiger partial charge in [-0.3, -0.25) is 4.79 Å². The van der Waals surface area contributed by atoms with Crippen LogP contribution in [0.15, 0.2) is 28.7 Å². The van der Waals surface area contributed by atoms with Crippen LogP contribution in [0.1, 0.15) is 45.2 Å². The fourth-order valence-corrected chi connectivity index (χ4v) is 2.19. The molecule has 0 bridgehead atoms. The summed E-state index contributed by atoms with van der Waals surface area (Å²) in [5.74, 6) is -0.0834. The summed E-state index contributed by atoms with van der Waals surface area (Å²) in [6, 6.07) is 7.86. The highest BCUT2D eigenvalue weighted by Gasteiger charge is 2.30. The first-order chi connectivity index (χ1) is 8.42. The lowest BCUT2D eigenvalue weighted by atomic mass is 9.92. The van der Waals surface area contributed by atoms with E-state index in [2.05, 4.69) is 21.2 Å². The zero-order valence-electron chi connectivity index (χ0n) is 11.2. The summed E-state index contributed by atoms with van der Waals surface area (Å²) in [7, 11) is 0. The van der Waals surface area contributed by atoms with Crippen molar-refractivity contribution in [3.63, 3.8) is 0 Å². The van der Waals surface area contributed by atoms with Crippen LogP contribution < -0.4 is 11.1 Å². The molecule has 0 spiro atoms. The summed E-state index contributed by atoms with van der Waals surface area (Å²) < 4.78 is 1.01. The number of amides is 1. The van der Waals surface area contributed by atoms with Crippen molar-refractivity contribution in [3.8, 4) is 0 Å². The number of carbonyl (C=O) groups is 1. The van der Waals surface area contributed by atoms with Gasteiger partial charge in [-0.1, -0.05) is 41.9 Å². The Morgan fingerprint density at radius 2 is 2.06 bits per heavy atom. The van der Waals surface area contributed by atoms with Crippen LogP contribution in [0.25, 0.3) is 0 Å². The average Bonchev–Trinajstić information content (AvgIpc) is 2.37. The van der Waals surface area contributed by atoms with Gasteiger partial charge in [0.05, 0.1) is 11.6 Å². The average molecular weight is 313 g/mol.